The van der Waals surface area contributed by atoms with Crippen molar-refractivity contribution in [1.82, 2.24) is 4.57 Å². The van der Waals surface area contributed by atoms with E-state index in [1.54, 1.807) is 6.07 Å². The Morgan fingerprint density at radius 2 is 1.20 bits per heavy atom. The van der Waals surface area contributed by atoms with Crippen LogP contribution in [0.25, 0.3) is 60.9 Å². The van der Waals surface area contributed by atoms with Crippen LogP contribution in [0, 0.1) is 18.3 Å². The number of nitriles is 1. The molecule has 5 nitrogen and oxygen atoms in total. The monoisotopic (exact) mass is 655 g/mol. The van der Waals surface area contributed by atoms with Gasteiger partial charge >= 0.3 is 0 Å². The SMILES string of the molecule is Cc1cc(C#N)ccc1-c1ccc2c(c1)c1ccccc1n2-c1cccc2c1C(=O)N(c1ccc(-c3ccccc3)cc1-c1ccccc1)C2=O. The normalized spacial score (nSPS) is 12.4. The van der Waals surface area contributed by atoms with Gasteiger partial charge in [-0.05, 0) is 94.9 Å². The molecule has 7 aromatic carbocycles. The number of amides is 2. The molecule has 0 saturated carbocycles. The fourth-order valence-corrected chi connectivity index (χ4v) is 7.52. The summed E-state index contributed by atoms with van der Waals surface area (Å²) in [6, 6.07) is 53.9. The van der Waals surface area contributed by atoms with Crippen LogP contribution in [-0.4, -0.2) is 16.4 Å². The zero-order chi connectivity index (χ0) is 34.6. The third kappa shape index (κ3) is 4.77. The van der Waals surface area contributed by atoms with E-state index in [9.17, 15) is 14.9 Å². The number of anilines is 1. The largest absolute Gasteiger partial charge is 0.308 e. The number of fused-ring (bicyclic) bond motifs is 4. The van der Waals surface area contributed by atoms with E-state index < -0.39 is 0 Å². The molecule has 0 aliphatic carbocycles. The van der Waals surface area contributed by atoms with Gasteiger partial charge in [-0.3, -0.25) is 9.59 Å². The van der Waals surface area contributed by atoms with Crippen molar-refractivity contribution in [2.24, 2.45) is 0 Å². The Bertz CT molecular complexity index is 2760. The van der Waals surface area contributed by atoms with Crippen LogP contribution in [0.2, 0.25) is 0 Å². The van der Waals surface area contributed by atoms with Gasteiger partial charge in [0.2, 0.25) is 0 Å². The molecule has 0 radical (unpaired) electrons. The van der Waals surface area contributed by atoms with E-state index in [2.05, 4.69) is 59.2 Å². The van der Waals surface area contributed by atoms with Crippen molar-refractivity contribution in [3.8, 4) is 45.1 Å². The maximum absolute atomic E-state index is 14.7. The average Bonchev–Trinajstić information content (AvgIpc) is 3.65. The minimum absolute atomic E-state index is 0.346. The van der Waals surface area contributed by atoms with Gasteiger partial charge in [0, 0.05) is 16.3 Å². The lowest BCUT2D eigenvalue weighted by atomic mass is 9.97. The zero-order valence-corrected chi connectivity index (χ0v) is 27.7. The van der Waals surface area contributed by atoms with Crippen LogP contribution >= 0.6 is 0 Å². The van der Waals surface area contributed by atoms with E-state index >= 15 is 0 Å². The minimum atomic E-state index is -0.356. The van der Waals surface area contributed by atoms with Crippen LogP contribution in [0.5, 0.6) is 0 Å². The Labute approximate surface area is 294 Å². The van der Waals surface area contributed by atoms with Crippen molar-refractivity contribution in [2.45, 2.75) is 6.92 Å². The van der Waals surface area contributed by atoms with Gasteiger partial charge in [0.1, 0.15) is 0 Å². The summed E-state index contributed by atoms with van der Waals surface area (Å²) in [5.74, 6) is -0.702. The summed E-state index contributed by atoms with van der Waals surface area (Å²) in [4.78, 5) is 30.4. The van der Waals surface area contributed by atoms with Crippen LogP contribution in [-0.2, 0) is 0 Å². The van der Waals surface area contributed by atoms with E-state index in [0.717, 1.165) is 60.8 Å². The predicted octanol–water partition coefficient (Wildman–Crippen LogP) is 10.8. The molecule has 8 aromatic rings. The first-order chi connectivity index (χ1) is 25.0. The molecule has 240 valence electrons. The molecule has 5 heteroatoms. The summed E-state index contributed by atoms with van der Waals surface area (Å²) in [6.45, 7) is 2.02. The molecule has 0 N–H and O–H groups in total. The van der Waals surface area contributed by atoms with E-state index in [1.165, 1.54) is 4.90 Å². The smallest absolute Gasteiger partial charge is 0.268 e. The number of benzene rings is 7. The van der Waals surface area contributed by atoms with Gasteiger partial charge in [0.25, 0.3) is 11.8 Å². The number of carbonyl (C=O) groups is 2. The quantitative estimate of drug-likeness (QED) is 0.173. The van der Waals surface area contributed by atoms with E-state index in [1.807, 2.05) is 110 Å². The van der Waals surface area contributed by atoms with Crippen molar-refractivity contribution >= 4 is 39.3 Å². The molecular weight excluding hydrogens is 627 g/mol. The highest BCUT2D eigenvalue weighted by Crippen LogP contribution is 2.42. The van der Waals surface area contributed by atoms with Crippen molar-refractivity contribution in [3.05, 3.63) is 180 Å². The molecule has 2 amide bonds. The van der Waals surface area contributed by atoms with Crippen molar-refractivity contribution in [2.75, 3.05) is 4.90 Å². The van der Waals surface area contributed by atoms with Crippen molar-refractivity contribution in [3.63, 3.8) is 0 Å². The van der Waals surface area contributed by atoms with E-state index in [0.29, 0.717) is 28.1 Å². The first-order valence-corrected chi connectivity index (χ1v) is 16.8. The maximum atomic E-state index is 14.7. The summed E-state index contributed by atoms with van der Waals surface area (Å²) >= 11 is 0. The van der Waals surface area contributed by atoms with Gasteiger partial charge < -0.3 is 4.57 Å². The summed E-state index contributed by atoms with van der Waals surface area (Å²) in [6.07, 6.45) is 0. The van der Waals surface area contributed by atoms with Crippen LogP contribution in [0.4, 0.5) is 5.69 Å². The number of nitrogens with zero attached hydrogens (tertiary/aromatic N) is 3. The summed E-state index contributed by atoms with van der Waals surface area (Å²) in [7, 11) is 0. The number of aromatic nitrogens is 1. The van der Waals surface area contributed by atoms with Crippen LogP contribution < -0.4 is 4.90 Å². The average molecular weight is 656 g/mol. The van der Waals surface area contributed by atoms with E-state index in [4.69, 9.17) is 0 Å². The molecule has 0 saturated heterocycles. The first kappa shape index (κ1) is 30.1. The van der Waals surface area contributed by atoms with Gasteiger partial charge in [0.05, 0.1) is 45.2 Å². The van der Waals surface area contributed by atoms with Gasteiger partial charge in [-0.1, -0.05) is 103 Å². The third-order valence-electron chi connectivity index (χ3n) is 9.90. The molecule has 1 aliphatic rings. The third-order valence-corrected chi connectivity index (χ3v) is 9.90. The van der Waals surface area contributed by atoms with E-state index in [-0.39, 0.29) is 11.8 Å². The predicted molar refractivity (Wildman–Crippen MR) is 204 cm³/mol. The Morgan fingerprint density at radius 1 is 0.490 bits per heavy atom. The van der Waals surface area contributed by atoms with Crippen molar-refractivity contribution in [1.29, 1.82) is 5.26 Å². The lowest BCUT2D eigenvalue weighted by Gasteiger charge is -2.20. The molecule has 1 aliphatic heterocycles. The summed E-state index contributed by atoms with van der Waals surface area (Å²) in [5, 5.41) is 11.5. The maximum Gasteiger partial charge on any atom is 0.268 e. The lowest BCUT2D eigenvalue weighted by Crippen LogP contribution is -2.30. The molecule has 2 heterocycles. The van der Waals surface area contributed by atoms with Crippen LogP contribution in [0.3, 0.4) is 0 Å². The van der Waals surface area contributed by atoms with Crippen molar-refractivity contribution < 1.29 is 9.59 Å². The number of para-hydroxylation sites is 1. The second kappa shape index (κ2) is 11.8. The molecule has 0 bridgehead atoms. The molecule has 0 unspecified atom stereocenters. The Balaban J connectivity index is 1.21. The van der Waals surface area contributed by atoms with Gasteiger partial charge in [0.15, 0.2) is 0 Å². The standard InChI is InChI=1S/C46H29N3O2/c1-29-25-30(28-47)19-22-35(29)34-21-24-42-39(27-34)36-15-8-9-17-40(36)48(42)43-18-10-16-37-44(43)46(51)49(45(37)50)41-23-20-33(31-11-4-2-5-12-31)26-38(41)32-13-6-3-7-14-32/h2-27H,1H3. The van der Waals surface area contributed by atoms with Gasteiger partial charge in [-0.25, -0.2) is 4.90 Å². The molecular formula is C46H29N3O2. The van der Waals surface area contributed by atoms with Crippen LogP contribution in [0.1, 0.15) is 31.8 Å². The number of rotatable bonds is 5. The summed E-state index contributed by atoms with van der Waals surface area (Å²) < 4.78 is 2.10. The first-order valence-electron chi connectivity index (χ1n) is 16.8. The summed E-state index contributed by atoms with van der Waals surface area (Å²) in [5.41, 5.74) is 11.3. The lowest BCUT2D eigenvalue weighted by molar-refractivity contribution is 0.0926. The van der Waals surface area contributed by atoms with Gasteiger partial charge in [-0.2, -0.15) is 5.26 Å². The topological polar surface area (TPSA) is 66.1 Å². The highest BCUT2D eigenvalue weighted by Gasteiger charge is 2.40. The van der Waals surface area contributed by atoms with Gasteiger partial charge in [-0.15, -0.1) is 0 Å². The second-order valence-electron chi connectivity index (χ2n) is 12.8. The van der Waals surface area contributed by atoms with Crippen LogP contribution in [0.15, 0.2) is 158 Å². The Kier molecular flexibility index (Phi) is 6.98. The number of hydrogen-bond acceptors (Lipinski definition) is 3. The fraction of sp³-hybridized carbons (Fsp3) is 0.0217. The number of imide groups is 1. The zero-order valence-electron chi connectivity index (χ0n) is 27.7. The highest BCUT2D eigenvalue weighted by atomic mass is 16.2. The number of aryl methyl sites for hydroxylation is 1. The second-order valence-corrected chi connectivity index (χ2v) is 12.8. The minimum Gasteiger partial charge on any atom is -0.308 e. The highest BCUT2D eigenvalue weighted by molar-refractivity contribution is 6.36. The Morgan fingerprint density at radius 3 is 1.96 bits per heavy atom. The molecule has 0 fully saturated rings. The Hall–Kier alpha value is -7.03. The molecule has 0 atom stereocenters. The fourth-order valence-electron chi connectivity index (χ4n) is 7.52. The number of hydrogen-bond donors (Lipinski definition) is 0. The molecule has 51 heavy (non-hydrogen) atoms. The number of carbonyl (C=O) groups excluding carboxylic acids is 2. The molecule has 0 spiro atoms. The molecule has 1 aromatic heterocycles. The molecule has 9 rings (SSSR count).